The molecule has 1 aliphatic rings. The first-order valence-corrected chi connectivity index (χ1v) is 7.80. The van der Waals surface area contributed by atoms with Crippen molar-refractivity contribution in [1.82, 2.24) is 4.90 Å². The normalized spacial score (nSPS) is 14.8. The Morgan fingerprint density at radius 2 is 2.08 bits per heavy atom. The third-order valence-corrected chi connectivity index (χ3v) is 4.16. The molecule has 0 saturated carbocycles. The van der Waals surface area contributed by atoms with Crippen molar-refractivity contribution in [2.45, 2.75) is 19.9 Å². The second-order valence-electron chi connectivity index (χ2n) is 6.12. The van der Waals surface area contributed by atoms with E-state index in [2.05, 4.69) is 18.0 Å². The first-order chi connectivity index (χ1) is 11.4. The third kappa shape index (κ3) is 3.31. The van der Waals surface area contributed by atoms with Crippen molar-refractivity contribution in [3.05, 3.63) is 68.8 Å². The minimum absolute atomic E-state index is 0.261. The molecule has 5 heteroatoms. The van der Waals surface area contributed by atoms with E-state index >= 15 is 0 Å². The molecule has 1 aromatic carbocycles. The second-order valence-corrected chi connectivity index (χ2v) is 6.12. The molecule has 1 N–H and O–H groups in total. The molecule has 0 unspecified atom stereocenters. The zero-order valence-electron chi connectivity index (χ0n) is 13.7. The highest BCUT2D eigenvalue weighted by molar-refractivity contribution is 6.08. The van der Waals surface area contributed by atoms with Crippen molar-refractivity contribution in [3.63, 3.8) is 0 Å². The Labute approximate surface area is 139 Å². The molecule has 24 heavy (non-hydrogen) atoms. The van der Waals surface area contributed by atoms with Crippen LogP contribution in [0.2, 0.25) is 0 Å². The molecule has 0 bridgehead atoms. The minimum Gasteiger partial charge on any atom is -0.507 e. The Balaban J connectivity index is 1.85. The van der Waals surface area contributed by atoms with Gasteiger partial charge in [-0.1, -0.05) is 24.3 Å². The molecule has 1 aliphatic heterocycles. The average Bonchev–Trinajstić information content (AvgIpc) is 2.51. The zero-order valence-corrected chi connectivity index (χ0v) is 13.7. The van der Waals surface area contributed by atoms with Crippen LogP contribution in [0.5, 0.6) is 5.75 Å². The largest absolute Gasteiger partial charge is 0.507 e. The van der Waals surface area contributed by atoms with Crippen LogP contribution in [0.4, 0.5) is 0 Å². The summed E-state index contributed by atoms with van der Waals surface area (Å²) in [7, 11) is 2.08. The smallest absolute Gasteiger partial charge is 0.351 e. The summed E-state index contributed by atoms with van der Waals surface area (Å²) in [4.78, 5) is 26.2. The molecule has 0 saturated heterocycles. The van der Waals surface area contributed by atoms with E-state index in [1.54, 1.807) is 6.08 Å². The molecule has 0 fully saturated rings. The van der Waals surface area contributed by atoms with Gasteiger partial charge in [0.15, 0.2) is 5.78 Å². The van der Waals surface area contributed by atoms with Crippen molar-refractivity contribution in [3.8, 4) is 5.75 Å². The van der Waals surface area contributed by atoms with Crippen LogP contribution in [-0.4, -0.2) is 29.4 Å². The summed E-state index contributed by atoms with van der Waals surface area (Å²) >= 11 is 0. The van der Waals surface area contributed by atoms with Crippen molar-refractivity contribution in [1.29, 1.82) is 0 Å². The van der Waals surface area contributed by atoms with Gasteiger partial charge in [-0.15, -0.1) is 0 Å². The lowest BCUT2D eigenvalue weighted by Gasteiger charge is -2.25. The molecule has 0 aliphatic carbocycles. The first-order valence-electron chi connectivity index (χ1n) is 7.80. The number of likely N-dealkylation sites (N-methyl/N-ethyl adjacent to an activating group) is 1. The van der Waals surface area contributed by atoms with E-state index in [-0.39, 0.29) is 17.1 Å². The lowest BCUT2D eigenvalue weighted by Crippen LogP contribution is -2.26. The number of aromatic hydroxyl groups is 1. The zero-order chi connectivity index (χ0) is 17.3. The van der Waals surface area contributed by atoms with Crippen LogP contribution >= 0.6 is 0 Å². The van der Waals surface area contributed by atoms with E-state index in [4.69, 9.17) is 4.42 Å². The van der Waals surface area contributed by atoms with Gasteiger partial charge in [-0.05, 0) is 43.2 Å². The number of rotatable bonds is 3. The van der Waals surface area contributed by atoms with Gasteiger partial charge in [0.1, 0.15) is 17.1 Å². The predicted molar refractivity (Wildman–Crippen MR) is 91.2 cm³/mol. The maximum Gasteiger partial charge on any atom is 0.351 e. The summed E-state index contributed by atoms with van der Waals surface area (Å²) in [6.07, 6.45) is 3.96. The Morgan fingerprint density at radius 1 is 1.29 bits per heavy atom. The monoisotopic (exact) mass is 325 g/mol. The molecule has 0 atom stereocenters. The molecule has 0 spiro atoms. The maximum absolute atomic E-state index is 12.2. The fourth-order valence-electron chi connectivity index (χ4n) is 2.90. The number of nitrogens with zero attached hydrogens (tertiary/aromatic N) is 1. The lowest BCUT2D eigenvalue weighted by atomic mass is 9.97. The van der Waals surface area contributed by atoms with E-state index in [0.29, 0.717) is 0 Å². The number of ketones is 1. The van der Waals surface area contributed by atoms with Gasteiger partial charge in [0.05, 0.1) is 0 Å². The molecular weight excluding hydrogens is 306 g/mol. The maximum atomic E-state index is 12.2. The Kier molecular flexibility index (Phi) is 4.36. The minimum atomic E-state index is -0.825. The Morgan fingerprint density at radius 3 is 2.83 bits per heavy atom. The summed E-state index contributed by atoms with van der Waals surface area (Å²) in [5, 5.41) is 9.81. The van der Waals surface area contributed by atoms with Gasteiger partial charge >= 0.3 is 5.63 Å². The van der Waals surface area contributed by atoms with Gasteiger partial charge in [0, 0.05) is 19.2 Å². The molecule has 0 amide bonds. The number of fused-ring (bicyclic) bond motifs is 1. The number of hydrogen-bond acceptors (Lipinski definition) is 5. The van der Waals surface area contributed by atoms with Crippen LogP contribution in [0.15, 0.2) is 39.6 Å². The Hall–Kier alpha value is -2.66. The number of allylic oxidation sites excluding steroid dienone is 1. The van der Waals surface area contributed by atoms with Crippen LogP contribution in [0.3, 0.4) is 0 Å². The number of hydrogen-bond donors (Lipinski definition) is 1. The fraction of sp³-hybridized carbons (Fsp3) is 0.263. The van der Waals surface area contributed by atoms with Crippen molar-refractivity contribution in [2.24, 2.45) is 0 Å². The molecule has 3 rings (SSSR count). The van der Waals surface area contributed by atoms with Crippen LogP contribution in [0.1, 0.15) is 32.8 Å². The molecule has 1 aromatic heterocycles. The second kappa shape index (κ2) is 6.45. The topological polar surface area (TPSA) is 70.8 Å². The van der Waals surface area contributed by atoms with Gasteiger partial charge in [-0.25, -0.2) is 4.79 Å². The van der Waals surface area contributed by atoms with Crippen molar-refractivity contribution < 1.29 is 14.3 Å². The van der Waals surface area contributed by atoms with E-state index in [9.17, 15) is 14.7 Å². The molecule has 2 heterocycles. The highest BCUT2D eigenvalue weighted by Gasteiger charge is 2.16. The van der Waals surface area contributed by atoms with E-state index < -0.39 is 11.4 Å². The average molecular weight is 325 g/mol. The predicted octanol–water partition coefficient (Wildman–Crippen LogP) is 2.54. The lowest BCUT2D eigenvalue weighted by molar-refractivity contribution is 0.104. The van der Waals surface area contributed by atoms with E-state index in [0.717, 1.165) is 25.1 Å². The van der Waals surface area contributed by atoms with Crippen LogP contribution < -0.4 is 5.63 Å². The Bertz CT molecular complexity index is 879. The number of carbonyl (C=O) groups excluding carboxylic acids is 1. The molecule has 124 valence electrons. The SMILES string of the molecule is Cc1cc(O)c(C(=O)C=Cc2ccc3c(c2)CN(C)CC3)c(=O)o1. The number of carbonyl (C=O) groups is 1. The summed E-state index contributed by atoms with van der Waals surface area (Å²) in [5.74, 6) is -0.668. The number of benzene rings is 1. The highest BCUT2D eigenvalue weighted by atomic mass is 16.4. The van der Waals surface area contributed by atoms with Crippen LogP contribution in [-0.2, 0) is 13.0 Å². The summed E-state index contributed by atoms with van der Waals surface area (Å²) in [6, 6.07) is 7.33. The third-order valence-electron chi connectivity index (χ3n) is 4.16. The molecular formula is C19H19NO4. The molecule has 2 aromatic rings. The quantitative estimate of drug-likeness (QED) is 0.693. The highest BCUT2D eigenvalue weighted by Crippen LogP contribution is 2.21. The van der Waals surface area contributed by atoms with Gasteiger partial charge in [-0.2, -0.15) is 0 Å². The van der Waals surface area contributed by atoms with Gasteiger partial charge in [-0.3, -0.25) is 4.79 Å². The molecule has 5 nitrogen and oxygen atoms in total. The first kappa shape index (κ1) is 16.2. The number of aryl methyl sites for hydroxylation is 1. The van der Waals surface area contributed by atoms with Gasteiger partial charge in [0.25, 0.3) is 0 Å². The van der Waals surface area contributed by atoms with Crippen molar-refractivity contribution >= 4 is 11.9 Å². The van der Waals surface area contributed by atoms with Crippen molar-refractivity contribution in [2.75, 3.05) is 13.6 Å². The standard InChI is InChI=1S/C19H19NO4/c1-12-9-17(22)18(19(23)24-12)16(21)6-4-13-3-5-14-7-8-20(2)11-15(14)10-13/h3-6,9-10,22H,7-8,11H2,1-2H3. The van der Waals surface area contributed by atoms with E-state index in [1.165, 1.54) is 30.2 Å². The molecule has 0 radical (unpaired) electrons. The fourth-order valence-corrected chi connectivity index (χ4v) is 2.90. The van der Waals surface area contributed by atoms with Crippen LogP contribution in [0.25, 0.3) is 6.08 Å². The van der Waals surface area contributed by atoms with Gasteiger partial charge in [0.2, 0.25) is 0 Å². The van der Waals surface area contributed by atoms with E-state index in [1.807, 2.05) is 12.1 Å². The van der Waals surface area contributed by atoms with Crippen LogP contribution in [0, 0.1) is 6.92 Å². The summed E-state index contributed by atoms with van der Waals surface area (Å²) in [6.45, 7) is 3.46. The van der Waals surface area contributed by atoms with Gasteiger partial charge < -0.3 is 14.4 Å². The summed E-state index contributed by atoms with van der Waals surface area (Å²) in [5.41, 5.74) is 2.29. The summed E-state index contributed by atoms with van der Waals surface area (Å²) < 4.78 is 4.87.